The Morgan fingerprint density at radius 2 is 1.61 bits per heavy atom. The lowest BCUT2D eigenvalue weighted by Crippen LogP contribution is -2.49. The van der Waals surface area contributed by atoms with Crippen LogP contribution in [-0.4, -0.2) is 37.5 Å². The predicted molar refractivity (Wildman–Crippen MR) is 128 cm³/mol. The highest BCUT2D eigenvalue weighted by Crippen LogP contribution is 2.23. The van der Waals surface area contributed by atoms with E-state index in [-0.39, 0.29) is 17.6 Å². The van der Waals surface area contributed by atoms with Gasteiger partial charge in [0.15, 0.2) is 0 Å². The molecule has 1 aliphatic rings. The number of halogens is 1. The Morgan fingerprint density at radius 3 is 2.30 bits per heavy atom. The Bertz CT molecular complexity index is 1060. The average molecular weight is 446 g/mol. The normalized spacial score (nSPS) is 16.3. The second-order valence-electron chi connectivity index (χ2n) is 8.40. The summed E-state index contributed by atoms with van der Waals surface area (Å²) >= 11 is 0. The molecule has 0 aromatic heterocycles. The molecule has 2 atom stereocenters. The van der Waals surface area contributed by atoms with Crippen molar-refractivity contribution in [3.63, 3.8) is 0 Å². The van der Waals surface area contributed by atoms with E-state index < -0.39 is 6.04 Å². The molecule has 4 rings (SSSR count). The molecule has 3 aromatic carbocycles. The Labute approximate surface area is 193 Å². The van der Waals surface area contributed by atoms with Gasteiger partial charge in [-0.3, -0.25) is 9.59 Å². The summed E-state index contributed by atoms with van der Waals surface area (Å²) < 4.78 is 13.2. The standard InChI is InChI=1S/C27H28FN3O2/c28-23-11-13-24(14-12-23)31-16-15-21(19-31)18-29-27(33)25(17-20-7-3-1-4-8-20)30-26(32)22-9-5-2-6-10-22/h1-14,21,25H,15-19H2,(H,29,33)(H,30,32). The highest BCUT2D eigenvalue weighted by Gasteiger charge is 2.26. The lowest BCUT2D eigenvalue weighted by molar-refractivity contribution is -0.123. The largest absolute Gasteiger partial charge is 0.371 e. The molecule has 33 heavy (non-hydrogen) atoms. The van der Waals surface area contributed by atoms with Gasteiger partial charge < -0.3 is 15.5 Å². The van der Waals surface area contributed by atoms with Crippen molar-refractivity contribution in [1.82, 2.24) is 10.6 Å². The van der Waals surface area contributed by atoms with E-state index in [1.165, 1.54) is 12.1 Å². The molecule has 2 amide bonds. The van der Waals surface area contributed by atoms with Crippen molar-refractivity contribution < 1.29 is 14.0 Å². The second-order valence-corrected chi connectivity index (χ2v) is 8.40. The molecule has 5 nitrogen and oxygen atoms in total. The van der Waals surface area contributed by atoms with Gasteiger partial charge in [0, 0.05) is 37.3 Å². The molecular formula is C27H28FN3O2. The summed E-state index contributed by atoms with van der Waals surface area (Å²) in [6.07, 6.45) is 1.36. The Morgan fingerprint density at radius 1 is 0.939 bits per heavy atom. The zero-order chi connectivity index (χ0) is 23.0. The van der Waals surface area contributed by atoms with Crippen LogP contribution in [0, 0.1) is 11.7 Å². The monoisotopic (exact) mass is 445 g/mol. The van der Waals surface area contributed by atoms with E-state index in [2.05, 4.69) is 15.5 Å². The minimum Gasteiger partial charge on any atom is -0.371 e. The molecule has 3 aromatic rings. The van der Waals surface area contributed by atoms with Crippen LogP contribution in [0.3, 0.4) is 0 Å². The van der Waals surface area contributed by atoms with E-state index in [4.69, 9.17) is 0 Å². The van der Waals surface area contributed by atoms with Gasteiger partial charge in [-0.15, -0.1) is 0 Å². The number of anilines is 1. The van der Waals surface area contributed by atoms with E-state index in [0.717, 1.165) is 30.8 Å². The lowest BCUT2D eigenvalue weighted by Gasteiger charge is -2.21. The summed E-state index contributed by atoms with van der Waals surface area (Å²) in [5.41, 5.74) is 2.49. The van der Waals surface area contributed by atoms with Crippen LogP contribution in [0.4, 0.5) is 10.1 Å². The van der Waals surface area contributed by atoms with Crippen LogP contribution < -0.4 is 15.5 Å². The molecule has 170 valence electrons. The van der Waals surface area contributed by atoms with Gasteiger partial charge in [-0.25, -0.2) is 4.39 Å². The number of carbonyl (C=O) groups is 2. The predicted octanol–water partition coefficient (Wildman–Crippen LogP) is 3.81. The summed E-state index contributed by atoms with van der Waals surface area (Å²) in [6, 6.07) is 24.4. The maximum absolute atomic E-state index is 13.2. The lowest BCUT2D eigenvalue weighted by atomic mass is 10.0. The van der Waals surface area contributed by atoms with E-state index in [9.17, 15) is 14.0 Å². The number of carbonyl (C=O) groups excluding carboxylic acids is 2. The number of amides is 2. The van der Waals surface area contributed by atoms with Gasteiger partial charge in [-0.05, 0) is 54.3 Å². The summed E-state index contributed by atoms with van der Waals surface area (Å²) in [4.78, 5) is 28.0. The van der Waals surface area contributed by atoms with Crippen LogP contribution in [0.1, 0.15) is 22.3 Å². The number of rotatable bonds is 8. The summed E-state index contributed by atoms with van der Waals surface area (Å²) in [5, 5.41) is 5.94. The fourth-order valence-electron chi connectivity index (χ4n) is 4.14. The van der Waals surface area contributed by atoms with Crippen LogP contribution in [0.2, 0.25) is 0 Å². The number of nitrogens with one attached hydrogen (secondary N) is 2. The smallest absolute Gasteiger partial charge is 0.251 e. The Kier molecular flexibility index (Phi) is 7.35. The quantitative estimate of drug-likeness (QED) is 0.554. The fraction of sp³-hybridized carbons (Fsp3) is 0.259. The third kappa shape index (κ3) is 6.19. The minimum absolute atomic E-state index is 0.191. The third-order valence-corrected chi connectivity index (χ3v) is 5.98. The molecule has 1 saturated heterocycles. The van der Waals surface area contributed by atoms with Crippen molar-refractivity contribution in [2.75, 3.05) is 24.5 Å². The molecule has 0 aliphatic carbocycles. The first-order valence-electron chi connectivity index (χ1n) is 11.3. The van der Waals surface area contributed by atoms with Gasteiger partial charge in [-0.1, -0.05) is 48.5 Å². The molecule has 1 heterocycles. The maximum atomic E-state index is 13.2. The molecule has 6 heteroatoms. The SMILES string of the molecule is O=C(NC(Cc1ccccc1)C(=O)NCC1CCN(c2ccc(F)cc2)C1)c1ccccc1. The van der Waals surface area contributed by atoms with Crippen molar-refractivity contribution in [2.45, 2.75) is 18.9 Å². The number of benzene rings is 3. The fourth-order valence-corrected chi connectivity index (χ4v) is 4.14. The maximum Gasteiger partial charge on any atom is 0.251 e. The van der Waals surface area contributed by atoms with Gasteiger partial charge in [0.2, 0.25) is 5.91 Å². The Balaban J connectivity index is 1.36. The van der Waals surface area contributed by atoms with E-state index in [1.807, 2.05) is 36.4 Å². The first kappa shape index (κ1) is 22.5. The molecule has 2 N–H and O–H groups in total. The van der Waals surface area contributed by atoms with Gasteiger partial charge in [0.25, 0.3) is 5.91 Å². The van der Waals surface area contributed by atoms with Gasteiger partial charge in [0.1, 0.15) is 11.9 Å². The molecule has 1 fully saturated rings. The van der Waals surface area contributed by atoms with Gasteiger partial charge in [0.05, 0.1) is 0 Å². The van der Waals surface area contributed by atoms with Crippen molar-refractivity contribution in [2.24, 2.45) is 5.92 Å². The zero-order valence-electron chi connectivity index (χ0n) is 18.4. The first-order valence-corrected chi connectivity index (χ1v) is 11.3. The summed E-state index contributed by atoms with van der Waals surface area (Å²) in [7, 11) is 0. The van der Waals surface area contributed by atoms with Crippen molar-refractivity contribution in [3.8, 4) is 0 Å². The van der Waals surface area contributed by atoms with Gasteiger partial charge in [-0.2, -0.15) is 0 Å². The molecule has 0 bridgehead atoms. The van der Waals surface area contributed by atoms with Crippen molar-refractivity contribution >= 4 is 17.5 Å². The van der Waals surface area contributed by atoms with Gasteiger partial charge >= 0.3 is 0 Å². The van der Waals surface area contributed by atoms with E-state index >= 15 is 0 Å². The zero-order valence-corrected chi connectivity index (χ0v) is 18.4. The molecular weight excluding hydrogens is 417 g/mol. The van der Waals surface area contributed by atoms with Crippen molar-refractivity contribution in [1.29, 1.82) is 0 Å². The second kappa shape index (κ2) is 10.8. The Hall–Kier alpha value is -3.67. The topological polar surface area (TPSA) is 61.4 Å². The van der Waals surface area contributed by atoms with Crippen LogP contribution in [0.25, 0.3) is 0 Å². The number of hydrogen-bond acceptors (Lipinski definition) is 3. The molecule has 0 saturated carbocycles. The highest BCUT2D eigenvalue weighted by molar-refractivity contribution is 5.97. The van der Waals surface area contributed by atoms with E-state index in [0.29, 0.717) is 24.4 Å². The highest BCUT2D eigenvalue weighted by atomic mass is 19.1. The molecule has 2 unspecified atom stereocenters. The van der Waals surface area contributed by atoms with Crippen LogP contribution >= 0.6 is 0 Å². The van der Waals surface area contributed by atoms with Crippen molar-refractivity contribution in [3.05, 3.63) is 102 Å². The van der Waals surface area contributed by atoms with Crippen LogP contribution in [-0.2, 0) is 11.2 Å². The summed E-state index contributed by atoms with van der Waals surface area (Å²) in [6.45, 7) is 2.19. The molecule has 0 spiro atoms. The van der Waals surface area contributed by atoms with E-state index in [1.54, 1.807) is 36.4 Å². The van der Waals surface area contributed by atoms with Crippen LogP contribution in [0.15, 0.2) is 84.9 Å². The number of nitrogens with zero attached hydrogens (tertiary/aromatic N) is 1. The molecule has 0 radical (unpaired) electrons. The number of hydrogen-bond donors (Lipinski definition) is 2. The molecule has 1 aliphatic heterocycles. The summed E-state index contributed by atoms with van der Waals surface area (Å²) in [5.74, 6) is -0.414. The first-order chi connectivity index (χ1) is 16.1. The third-order valence-electron chi connectivity index (χ3n) is 5.98. The minimum atomic E-state index is -0.672. The average Bonchev–Trinajstić information content (AvgIpc) is 3.33. The van der Waals surface area contributed by atoms with Crippen LogP contribution in [0.5, 0.6) is 0 Å².